The van der Waals surface area contributed by atoms with Gasteiger partial charge < -0.3 is 37.2 Å². The predicted octanol–water partition coefficient (Wildman–Crippen LogP) is -0.608. The minimum atomic E-state index is -2.67. The molecule has 0 aliphatic carbocycles. The number of rotatable bonds is 5. The number of hydrogen-bond donors (Lipinski definition) is 6. The van der Waals surface area contributed by atoms with E-state index in [1.54, 1.807) is 42.5 Å². The van der Waals surface area contributed by atoms with Crippen molar-refractivity contribution in [3.05, 3.63) is 77.9 Å². The number of hydrogen-bond acceptors (Lipinski definition) is 11. The molecule has 3 aromatic carbocycles. The Morgan fingerprint density at radius 2 is 1.75 bits per heavy atom. The number of urea groups is 1. The lowest BCUT2D eigenvalue weighted by atomic mass is 9.84. The van der Waals surface area contributed by atoms with Crippen LogP contribution in [0.5, 0.6) is 0 Å². The summed E-state index contributed by atoms with van der Waals surface area (Å²) >= 11 is 0. The molecular formula is C30H31N9O5. The van der Waals surface area contributed by atoms with Crippen LogP contribution in [-0.2, 0) is 4.79 Å². The van der Waals surface area contributed by atoms with E-state index in [1.165, 1.54) is 9.80 Å². The lowest BCUT2D eigenvalue weighted by Gasteiger charge is -2.49. The average Bonchev–Trinajstić information content (AvgIpc) is 3.58. The molecule has 4 aliphatic heterocycles. The summed E-state index contributed by atoms with van der Waals surface area (Å²) in [5.74, 6) is -3.84. The Labute approximate surface area is 251 Å². The molecule has 3 aromatic rings. The molecular weight excluding hydrogens is 566 g/mol. The molecule has 226 valence electrons. The molecule has 4 amide bonds. The van der Waals surface area contributed by atoms with Crippen molar-refractivity contribution in [1.82, 2.24) is 20.4 Å². The maximum absolute atomic E-state index is 13.6. The minimum absolute atomic E-state index is 0.0901. The van der Waals surface area contributed by atoms with Gasteiger partial charge in [0.25, 0.3) is 11.8 Å². The van der Waals surface area contributed by atoms with Gasteiger partial charge in [-0.1, -0.05) is 48.5 Å². The number of nitrogens with zero attached hydrogens (tertiary/aromatic N) is 5. The van der Waals surface area contributed by atoms with Crippen molar-refractivity contribution in [2.75, 3.05) is 24.5 Å². The fraction of sp³-hybridized carbons (Fsp3) is 0.300. The smallest absolute Gasteiger partial charge is 0.331 e. The number of aryl methyl sites for hydroxylation is 1. The molecule has 1 spiro atoms. The van der Waals surface area contributed by atoms with Gasteiger partial charge in [0.1, 0.15) is 18.6 Å². The van der Waals surface area contributed by atoms with Crippen molar-refractivity contribution in [3.63, 3.8) is 0 Å². The third-order valence-corrected chi connectivity index (χ3v) is 8.99. The Morgan fingerprint density at radius 3 is 2.52 bits per heavy atom. The van der Waals surface area contributed by atoms with Crippen molar-refractivity contribution in [2.24, 2.45) is 21.5 Å². The monoisotopic (exact) mass is 597 g/mol. The van der Waals surface area contributed by atoms with Gasteiger partial charge >= 0.3 is 6.03 Å². The first-order valence-electron chi connectivity index (χ1n) is 14.2. The Kier molecular flexibility index (Phi) is 6.06. The van der Waals surface area contributed by atoms with E-state index in [9.17, 15) is 24.6 Å². The largest absolute Gasteiger partial charge is 0.370 e. The van der Waals surface area contributed by atoms with Crippen LogP contribution in [0.25, 0.3) is 10.8 Å². The Balaban J connectivity index is 1.18. The number of carbonyl (C=O) groups is 3. The molecule has 0 aromatic heterocycles. The van der Waals surface area contributed by atoms with Crippen molar-refractivity contribution < 1.29 is 24.6 Å². The molecule has 4 heterocycles. The van der Waals surface area contributed by atoms with Crippen LogP contribution in [-0.4, -0.2) is 99.0 Å². The molecule has 1 unspecified atom stereocenters. The van der Waals surface area contributed by atoms with Crippen LogP contribution in [0.3, 0.4) is 0 Å². The van der Waals surface area contributed by atoms with E-state index >= 15 is 0 Å². The molecule has 4 aliphatic rings. The molecule has 44 heavy (non-hydrogen) atoms. The maximum atomic E-state index is 13.6. The third kappa shape index (κ3) is 3.84. The normalized spacial score (nSPS) is 27.2. The number of nitrogens with two attached hydrogens (primary N) is 2. The first-order chi connectivity index (χ1) is 21.0. The fourth-order valence-corrected chi connectivity index (χ4v) is 6.85. The predicted molar refractivity (Wildman–Crippen MR) is 161 cm³/mol. The molecule has 7 rings (SSSR count). The van der Waals surface area contributed by atoms with Crippen LogP contribution in [0.15, 0.2) is 76.7 Å². The average molecular weight is 598 g/mol. The van der Waals surface area contributed by atoms with Crippen LogP contribution in [0.2, 0.25) is 0 Å². The van der Waals surface area contributed by atoms with Crippen LogP contribution in [0.1, 0.15) is 15.9 Å². The number of nitrogens with one attached hydrogen (secondary N) is 2. The van der Waals surface area contributed by atoms with Gasteiger partial charge in [0, 0.05) is 17.8 Å². The number of aliphatic hydroxyl groups is 2. The van der Waals surface area contributed by atoms with Crippen LogP contribution < -0.4 is 27.0 Å². The second kappa shape index (κ2) is 9.65. The number of para-hydroxylation sites is 1. The molecule has 0 bridgehead atoms. The van der Waals surface area contributed by atoms with E-state index in [4.69, 9.17) is 11.5 Å². The second-order valence-electron chi connectivity index (χ2n) is 11.5. The van der Waals surface area contributed by atoms with E-state index in [-0.39, 0.29) is 31.6 Å². The van der Waals surface area contributed by atoms with Crippen LogP contribution in [0.4, 0.5) is 10.5 Å². The third-order valence-electron chi connectivity index (χ3n) is 8.99. The number of aliphatic imine (C=N–C) groups is 2. The summed E-state index contributed by atoms with van der Waals surface area (Å²) in [7, 11) is 0. The van der Waals surface area contributed by atoms with E-state index in [1.807, 2.05) is 31.2 Å². The van der Waals surface area contributed by atoms with E-state index in [0.29, 0.717) is 11.3 Å². The van der Waals surface area contributed by atoms with Crippen LogP contribution in [0, 0.1) is 6.92 Å². The van der Waals surface area contributed by atoms with Gasteiger partial charge in [0.2, 0.25) is 5.79 Å². The lowest BCUT2D eigenvalue weighted by Crippen LogP contribution is -2.78. The molecule has 8 N–H and O–H groups in total. The highest BCUT2D eigenvalue weighted by Gasteiger charge is 2.73. The standard InChI is InChI=1S/C30H31N9O5/c1-16-7-5-11-19-18(16)10-6-12-20(19)25(41)34-22-14-39-27(32)33-21(24-29(39,30(22,43)44)36-26(31)35-24)13-38-23(40)15-37(28(38)42)17-8-3-2-4-9-17/h2-12,21-22,24,43-44H,13-15H2,1H3,(H2,32,33)(H,34,41)(H3,31,35,36)/t21-,22?,24-,29-/m0/s1. The van der Waals surface area contributed by atoms with E-state index in [0.717, 1.165) is 21.2 Å². The lowest BCUT2D eigenvalue weighted by molar-refractivity contribution is -0.230. The van der Waals surface area contributed by atoms with Gasteiger partial charge in [0.15, 0.2) is 17.6 Å². The molecule has 2 saturated heterocycles. The zero-order valence-corrected chi connectivity index (χ0v) is 23.7. The molecule has 0 saturated carbocycles. The Bertz CT molecular complexity index is 1780. The number of anilines is 1. The molecule has 4 atom stereocenters. The van der Waals surface area contributed by atoms with Crippen molar-refractivity contribution in [1.29, 1.82) is 0 Å². The highest BCUT2D eigenvalue weighted by Crippen LogP contribution is 2.45. The van der Waals surface area contributed by atoms with Gasteiger partial charge in [-0.3, -0.25) is 19.4 Å². The highest BCUT2D eigenvalue weighted by molar-refractivity contribution is 6.12. The summed E-state index contributed by atoms with van der Waals surface area (Å²) in [4.78, 5) is 52.7. The Hall–Kier alpha value is -5.21. The SMILES string of the molecule is Cc1cccc2c(C(=O)NC3CN4C(N)=N[C@@H](CN5C(=O)CN(c6ccccc6)C5=O)[C@@H]5N=C(N)N[C@@]54C3(O)O)cccc12. The van der Waals surface area contributed by atoms with Crippen molar-refractivity contribution in [2.45, 2.75) is 36.5 Å². The number of guanidine groups is 2. The Morgan fingerprint density at radius 1 is 1.02 bits per heavy atom. The quantitative estimate of drug-likeness (QED) is 0.164. The van der Waals surface area contributed by atoms with Crippen molar-refractivity contribution in [3.8, 4) is 0 Å². The van der Waals surface area contributed by atoms with Gasteiger partial charge in [-0.15, -0.1) is 0 Å². The number of carbonyl (C=O) groups excluding carboxylic acids is 3. The fourth-order valence-electron chi connectivity index (χ4n) is 6.85. The van der Waals surface area contributed by atoms with Gasteiger partial charge in [-0.25, -0.2) is 14.8 Å². The summed E-state index contributed by atoms with van der Waals surface area (Å²) < 4.78 is 0. The number of benzene rings is 3. The molecule has 0 radical (unpaired) electrons. The minimum Gasteiger partial charge on any atom is -0.370 e. The molecule has 14 nitrogen and oxygen atoms in total. The summed E-state index contributed by atoms with van der Waals surface area (Å²) in [5, 5.41) is 30.9. The second-order valence-corrected chi connectivity index (χ2v) is 11.5. The van der Waals surface area contributed by atoms with E-state index in [2.05, 4.69) is 20.6 Å². The van der Waals surface area contributed by atoms with Gasteiger partial charge in [0.05, 0.1) is 12.6 Å². The summed E-state index contributed by atoms with van der Waals surface area (Å²) in [6.45, 7) is 1.41. The number of amides is 4. The first kappa shape index (κ1) is 27.6. The molecule has 2 fully saturated rings. The maximum Gasteiger partial charge on any atom is 0.331 e. The zero-order valence-electron chi connectivity index (χ0n) is 23.7. The summed E-state index contributed by atoms with van der Waals surface area (Å²) in [6, 6.07) is 15.9. The van der Waals surface area contributed by atoms with E-state index < -0.39 is 47.4 Å². The highest BCUT2D eigenvalue weighted by atomic mass is 16.5. The summed E-state index contributed by atoms with van der Waals surface area (Å²) in [5.41, 5.74) is 12.6. The van der Waals surface area contributed by atoms with Crippen LogP contribution >= 0.6 is 0 Å². The number of fused-ring (bicyclic) bond motifs is 1. The zero-order chi connectivity index (χ0) is 31.0. The van der Waals surface area contributed by atoms with Crippen molar-refractivity contribution >= 4 is 46.2 Å². The molecule has 14 heteroatoms. The van der Waals surface area contributed by atoms with Gasteiger partial charge in [-0.05, 0) is 41.5 Å². The first-order valence-corrected chi connectivity index (χ1v) is 14.2. The topological polar surface area (TPSA) is 202 Å². The number of imide groups is 1. The summed E-state index contributed by atoms with van der Waals surface area (Å²) in [6.07, 6.45) is 0. The van der Waals surface area contributed by atoms with Gasteiger partial charge in [-0.2, -0.15) is 0 Å².